The van der Waals surface area contributed by atoms with E-state index in [1.807, 2.05) is 30.3 Å². The van der Waals surface area contributed by atoms with E-state index in [9.17, 15) is 4.79 Å². The molecule has 1 N–H and O–H groups in total. The zero-order valence-electron chi connectivity index (χ0n) is 10.8. The van der Waals surface area contributed by atoms with Crippen LogP contribution >= 0.6 is 27.5 Å². The summed E-state index contributed by atoms with van der Waals surface area (Å²) in [5.74, 6) is -0.220. The molecular weight excluding hydrogens is 352 g/mol. The molecule has 0 radical (unpaired) electrons. The Morgan fingerprint density at radius 1 is 1.14 bits per heavy atom. The highest BCUT2D eigenvalue weighted by atomic mass is 79.9. The Morgan fingerprint density at radius 2 is 1.95 bits per heavy atom. The van der Waals surface area contributed by atoms with Crippen LogP contribution in [0.3, 0.4) is 0 Å². The van der Waals surface area contributed by atoms with Crippen molar-refractivity contribution in [2.45, 2.75) is 0 Å². The standard InChI is InChI=1S/C16H10BrClN2O/c17-12-7-6-11(9-13(12)18)16(21)20-14-5-1-3-10-4-2-8-19-15(10)14/h1-9H,(H,20,21). The molecule has 1 aromatic heterocycles. The van der Waals surface area contributed by atoms with Crippen LogP contribution in [-0.4, -0.2) is 10.9 Å². The highest BCUT2D eigenvalue weighted by Gasteiger charge is 2.10. The van der Waals surface area contributed by atoms with Crippen LogP contribution < -0.4 is 5.32 Å². The van der Waals surface area contributed by atoms with Gasteiger partial charge in [0.15, 0.2) is 0 Å². The van der Waals surface area contributed by atoms with E-state index in [1.165, 1.54) is 0 Å². The van der Waals surface area contributed by atoms with E-state index in [2.05, 4.69) is 26.2 Å². The van der Waals surface area contributed by atoms with Gasteiger partial charge in [0.05, 0.1) is 16.2 Å². The lowest BCUT2D eigenvalue weighted by Crippen LogP contribution is -2.12. The fourth-order valence-electron chi connectivity index (χ4n) is 2.04. The summed E-state index contributed by atoms with van der Waals surface area (Å²) in [7, 11) is 0. The number of aromatic nitrogens is 1. The van der Waals surface area contributed by atoms with Gasteiger partial charge in [0.2, 0.25) is 0 Å². The fourth-order valence-corrected chi connectivity index (χ4v) is 2.46. The third-order valence-corrected chi connectivity index (χ3v) is 4.30. The largest absolute Gasteiger partial charge is 0.320 e. The first-order valence-electron chi connectivity index (χ1n) is 6.25. The van der Waals surface area contributed by atoms with Gasteiger partial charge in [0, 0.05) is 21.6 Å². The molecule has 3 aromatic rings. The average Bonchev–Trinajstić information content (AvgIpc) is 2.50. The van der Waals surface area contributed by atoms with E-state index in [0.717, 1.165) is 15.4 Å². The number of carbonyl (C=O) groups excluding carboxylic acids is 1. The van der Waals surface area contributed by atoms with Gasteiger partial charge in [-0.3, -0.25) is 9.78 Å². The van der Waals surface area contributed by atoms with E-state index >= 15 is 0 Å². The van der Waals surface area contributed by atoms with E-state index in [1.54, 1.807) is 24.4 Å². The number of rotatable bonds is 2. The number of nitrogens with zero attached hydrogens (tertiary/aromatic N) is 1. The maximum atomic E-state index is 12.3. The topological polar surface area (TPSA) is 42.0 Å². The summed E-state index contributed by atoms with van der Waals surface area (Å²) in [6, 6.07) is 14.6. The van der Waals surface area contributed by atoms with Crippen molar-refractivity contribution in [1.82, 2.24) is 4.98 Å². The number of pyridine rings is 1. The number of carbonyl (C=O) groups is 1. The van der Waals surface area contributed by atoms with Crippen molar-refractivity contribution >= 4 is 50.0 Å². The SMILES string of the molecule is O=C(Nc1cccc2cccnc12)c1ccc(Br)c(Cl)c1. The highest BCUT2D eigenvalue weighted by molar-refractivity contribution is 9.10. The van der Waals surface area contributed by atoms with Crippen LogP contribution in [0.1, 0.15) is 10.4 Å². The van der Waals surface area contributed by atoms with Gasteiger partial charge in [-0.05, 0) is 46.3 Å². The summed E-state index contributed by atoms with van der Waals surface area (Å²) < 4.78 is 0.757. The molecule has 0 spiro atoms. The zero-order valence-corrected chi connectivity index (χ0v) is 13.1. The van der Waals surface area contributed by atoms with Crippen LogP contribution in [0.2, 0.25) is 5.02 Å². The van der Waals surface area contributed by atoms with Crippen LogP contribution in [0, 0.1) is 0 Å². The molecule has 3 rings (SSSR count). The van der Waals surface area contributed by atoms with Gasteiger partial charge in [-0.25, -0.2) is 0 Å². The number of para-hydroxylation sites is 1. The van der Waals surface area contributed by atoms with Crippen molar-refractivity contribution in [2.24, 2.45) is 0 Å². The number of hydrogen-bond donors (Lipinski definition) is 1. The minimum atomic E-state index is -0.220. The predicted molar refractivity (Wildman–Crippen MR) is 88.8 cm³/mol. The molecule has 1 amide bonds. The van der Waals surface area contributed by atoms with Crippen molar-refractivity contribution in [3.8, 4) is 0 Å². The molecule has 0 unspecified atom stereocenters. The number of nitrogens with one attached hydrogen (secondary N) is 1. The molecular formula is C16H10BrClN2O. The molecule has 104 valence electrons. The van der Waals surface area contributed by atoms with Crippen molar-refractivity contribution in [2.75, 3.05) is 5.32 Å². The Morgan fingerprint density at radius 3 is 2.76 bits per heavy atom. The number of anilines is 1. The summed E-state index contributed by atoms with van der Waals surface area (Å²) in [4.78, 5) is 16.6. The minimum Gasteiger partial charge on any atom is -0.320 e. The van der Waals surface area contributed by atoms with Crippen LogP contribution in [-0.2, 0) is 0 Å². The Hall–Kier alpha value is -1.91. The summed E-state index contributed by atoms with van der Waals surface area (Å²) in [5, 5.41) is 4.35. The lowest BCUT2D eigenvalue weighted by atomic mass is 10.1. The van der Waals surface area contributed by atoms with Gasteiger partial charge < -0.3 is 5.32 Å². The molecule has 3 nitrogen and oxygen atoms in total. The summed E-state index contributed by atoms with van der Waals surface area (Å²) >= 11 is 9.32. The monoisotopic (exact) mass is 360 g/mol. The third kappa shape index (κ3) is 2.91. The van der Waals surface area contributed by atoms with E-state index < -0.39 is 0 Å². The molecule has 0 fully saturated rings. The minimum absolute atomic E-state index is 0.220. The van der Waals surface area contributed by atoms with Crippen LogP contribution in [0.5, 0.6) is 0 Å². The molecule has 5 heteroatoms. The first-order valence-corrected chi connectivity index (χ1v) is 7.42. The van der Waals surface area contributed by atoms with Crippen molar-refractivity contribution in [3.63, 3.8) is 0 Å². The average molecular weight is 362 g/mol. The van der Waals surface area contributed by atoms with Crippen LogP contribution in [0.4, 0.5) is 5.69 Å². The molecule has 0 saturated carbocycles. The maximum absolute atomic E-state index is 12.3. The summed E-state index contributed by atoms with van der Waals surface area (Å²) in [6.45, 7) is 0. The van der Waals surface area contributed by atoms with Crippen LogP contribution in [0.15, 0.2) is 59.2 Å². The second-order valence-electron chi connectivity index (χ2n) is 4.46. The lowest BCUT2D eigenvalue weighted by Gasteiger charge is -2.08. The molecule has 0 atom stereocenters. The van der Waals surface area contributed by atoms with Crippen LogP contribution in [0.25, 0.3) is 10.9 Å². The maximum Gasteiger partial charge on any atom is 0.255 e. The quantitative estimate of drug-likeness (QED) is 0.705. The Kier molecular flexibility index (Phi) is 3.90. The number of fused-ring (bicyclic) bond motifs is 1. The van der Waals surface area contributed by atoms with E-state index in [0.29, 0.717) is 16.3 Å². The first-order chi connectivity index (χ1) is 10.1. The van der Waals surface area contributed by atoms with E-state index in [4.69, 9.17) is 11.6 Å². The molecule has 0 bridgehead atoms. The van der Waals surface area contributed by atoms with Crippen molar-refractivity contribution in [3.05, 3.63) is 69.8 Å². The van der Waals surface area contributed by atoms with Gasteiger partial charge in [0.1, 0.15) is 0 Å². The Labute approximate surface area is 135 Å². The number of amides is 1. The molecule has 2 aromatic carbocycles. The number of hydrogen-bond acceptors (Lipinski definition) is 2. The fraction of sp³-hybridized carbons (Fsp3) is 0. The van der Waals surface area contributed by atoms with Crippen molar-refractivity contribution in [1.29, 1.82) is 0 Å². The zero-order chi connectivity index (χ0) is 14.8. The molecule has 0 aliphatic heterocycles. The van der Waals surface area contributed by atoms with Gasteiger partial charge in [-0.2, -0.15) is 0 Å². The molecule has 1 heterocycles. The Balaban J connectivity index is 1.94. The third-order valence-electron chi connectivity index (χ3n) is 3.06. The second kappa shape index (κ2) is 5.84. The Bertz CT molecular complexity index is 830. The normalized spacial score (nSPS) is 10.6. The molecule has 0 aliphatic rings. The first kappa shape index (κ1) is 14.0. The predicted octanol–water partition coefficient (Wildman–Crippen LogP) is 4.90. The summed E-state index contributed by atoms with van der Waals surface area (Å²) in [6.07, 6.45) is 1.70. The van der Waals surface area contributed by atoms with Gasteiger partial charge in [-0.1, -0.05) is 29.8 Å². The number of benzene rings is 2. The van der Waals surface area contributed by atoms with Gasteiger partial charge in [-0.15, -0.1) is 0 Å². The summed E-state index contributed by atoms with van der Waals surface area (Å²) in [5.41, 5.74) is 1.94. The lowest BCUT2D eigenvalue weighted by molar-refractivity contribution is 0.102. The van der Waals surface area contributed by atoms with Gasteiger partial charge in [0.25, 0.3) is 5.91 Å². The smallest absolute Gasteiger partial charge is 0.255 e. The highest BCUT2D eigenvalue weighted by Crippen LogP contribution is 2.25. The molecule has 0 aliphatic carbocycles. The molecule has 0 saturated heterocycles. The van der Waals surface area contributed by atoms with Gasteiger partial charge >= 0.3 is 0 Å². The molecule has 21 heavy (non-hydrogen) atoms. The van der Waals surface area contributed by atoms with Crippen molar-refractivity contribution < 1.29 is 4.79 Å². The van der Waals surface area contributed by atoms with E-state index in [-0.39, 0.29) is 5.91 Å². The number of halogens is 2. The second-order valence-corrected chi connectivity index (χ2v) is 5.73.